The van der Waals surface area contributed by atoms with E-state index < -0.39 is 22.3 Å². The fourth-order valence-corrected chi connectivity index (χ4v) is 1.21. The van der Waals surface area contributed by atoms with E-state index in [2.05, 4.69) is 0 Å². The predicted octanol–water partition coefficient (Wildman–Crippen LogP) is 1.59. The van der Waals surface area contributed by atoms with Gasteiger partial charge in [0.1, 0.15) is 0 Å². The van der Waals surface area contributed by atoms with E-state index >= 15 is 0 Å². The van der Waals surface area contributed by atoms with Gasteiger partial charge < -0.3 is 5.11 Å². The molecule has 1 fully saturated rings. The first-order valence-corrected chi connectivity index (χ1v) is 4.94. The van der Waals surface area contributed by atoms with E-state index in [1.54, 1.807) is 0 Å². The maximum atomic E-state index is 12.9. The smallest absolute Gasteiger partial charge is 0.313 e. The van der Waals surface area contributed by atoms with E-state index in [0.29, 0.717) is 12.8 Å². The number of carboxylic acid groups (broad SMARTS) is 1. The second-order valence-electron chi connectivity index (χ2n) is 2.95. The minimum absolute atomic E-state index is 0.414. The summed E-state index contributed by atoms with van der Waals surface area (Å²) in [6.07, 6.45) is 3.21. The van der Waals surface area contributed by atoms with E-state index in [4.69, 9.17) is 5.11 Å². The van der Waals surface area contributed by atoms with E-state index in [-0.39, 0.29) is 0 Å². The first-order chi connectivity index (χ1) is 6.02. The average molecular weight is 204 g/mol. The number of hydrogen-bond acceptors (Lipinski definition) is 3. The van der Waals surface area contributed by atoms with Gasteiger partial charge in [0, 0.05) is 0 Å². The lowest BCUT2D eigenvalue weighted by atomic mass is 10.1. The SMILES string of the molecule is CSC(=O)C(F)=CC1(C(=O)O)CC1. The fourth-order valence-electron chi connectivity index (χ4n) is 0.954. The van der Waals surface area contributed by atoms with Gasteiger partial charge in [0.05, 0.1) is 5.41 Å². The van der Waals surface area contributed by atoms with Crippen LogP contribution in [0.3, 0.4) is 0 Å². The van der Waals surface area contributed by atoms with Gasteiger partial charge in [0.2, 0.25) is 5.12 Å². The van der Waals surface area contributed by atoms with Crippen molar-refractivity contribution in [1.29, 1.82) is 0 Å². The van der Waals surface area contributed by atoms with Gasteiger partial charge in [0.15, 0.2) is 5.83 Å². The summed E-state index contributed by atoms with van der Waals surface area (Å²) in [5.41, 5.74) is -1.10. The Morgan fingerprint density at radius 3 is 2.38 bits per heavy atom. The van der Waals surface area contributed by atoms with Crippen LogP contribution in [0.25, 0.3) is 0 Å². The van der Waals surface area contributed by atoms with Crippen LogP contribution in [0, 0.1) is 5.41 Å². The molecule has 5 heteroatoms. The van der Waals surface area contributed by atoms with Crippen molar-refractivity contribution in [3.05, 3.63) is 11.9 Å². The van der Waals surface area contributed by atoms with Crippen molar-refractivity contribution in [2.75, 3.05) is 6.26 Å². The highest BCUT2D eigenvalue weighted by Gasteiger charge is 2.49. The highest BCUT2D eigenvalue weighted by molar-refractivity contribution is 8.13. The standard InChI is InChI=1S/C8H9FO3S/c1-13-6(10)5(9)4-8(2-3-8)7(11)12/h4H,2-3H2,1H3,(H,11,12). The lowest BCUT2D eigenvalue weighted by Crippen LogP contribution is -2.12. The van der Waals surface area contributed by atoms with E-state index in [1.165, 1.54) is 6.26 Å². The number of rotatable bonds is 3. The van der Waals surface area contributed by atoms with Crippen LogP contribution in [0.1, 0.15) is 12.8 Å². The van der Waals surface area contributed by atoms with Gasteiger partial charge in [0.25, 0.3) is 0 Å². The Balaban J connectivity index is 2.76. The van der Waals surface area contributed by atoms with Crippen molar-refractivity contribution < 1.29 is 19.1 Å². The van der Waals surface area contributed by atoms with Gasteiger partial charge in [-0.15, -0.1) is 0 Å². The van der Waals surface area contributed by atoms with Crippen molar-refractivity contribution in [3.8, 4) is 0 Å². The highest BCUT2D eigenvalue weighted by Crippen LogP contribution is 2.48. The molecule has 0 spiro atoms. The Morgan fingerprint density at radius 1 is 1.54 bits per heavy atom. The monoisotopic (exact) mass is 204 g/mol. The second kappa shape index (κ2) is 3.49. The molecule has 0 saturated heterocycles. The van der Waals surface area contributed by atoms with Crippen LogP contribution in [0.15, 0.2) is 11.9 Å². The molecule has 0 aromatic heterocycles. The zero-order chi connectivity index (χ0) is 10.1. The minimum Gasteiger partial charge on any atom is -0.481 e. The number of halogens is 1. The van der Waals surface area contributed by atoms with Gasteiger partial charge in [-0.2, -0.15) is 0 Å². The zero-order valence-corrected chi connectivity index (χ0v) is 7.86. The van der Waals surface area contributed by atoms with Gasteiger partial charge >= 0.3 is 5.97 Å². The maximum Gasteiger partial charge on any atom is 0.313 e. The molecule has 0 aromatic carbocycles. The molecular weight excluding hydrogens is 195 g/mol. The van der Waals surface area contributed by atoms with E-state index in [9.17, 15) is 14.0 Å². The summed E-state index contributed by atoms with van der Waals surface area (Å²) < 4.78 is 12.9. The molecule has 1 rings (SSSR count). The molecule has 0 bridgehead atoms. The summed E-state index contributed by atoms with van der Waals surface area (Å²) in [6.45, 7) is 0. The minimum atomic E-state index is -1.10. The summed E-state index contributed by atoms with van der Waals surface area (Å²) in [7, 11) is 0. The predicted molar refractivity (Wildman–Crippen MR) is 47.0 cm³/mol. The Labute approximate surface area is 79.0 Å². The molecule has 0 aromatic rings. The maximum absolute atomic E-state index is 12.9. The largest absolute Gasteiger partial charge is 0.481 e. The molecule has 1 aliphatic rings. The van der Waals surface area contributed by atoms with Crippen LogP contribution < -0.4 is 0 Å². The summed E-state index contributed by atoms with van der Waals surface area (Å²) in [6, 6.07) is 0. The topological polar surface area (TPSA) is 54.4 Å². The fraction of sp³-hybridized carbons (Fsp3) is 0.500. The van der Waals surface area contributed by atoms with Crippen molar-refractivity contribution in [3.63, 3.8) is 0 Å². The van der Waals surface area contributed by atoms with Crippen LogP contribution in [0.5, 0.6) is 0 Å². The molecule has 0 radical (unpaired) electrons. The number of carboxylic acids is 1. The average Bonchev–Trinajstić information content (AvgIpc) is 2.84. The van der Waals surface area contributed by atoms with Crippen LogP contribution >= 0.6 is 11.8 Å². The lowest BCUT2D eigenvalue weighted by Gasteiger charge is -2.01. The quantitative estimate of drug-likeness (QED) is 0.709. The first-order valence-electron chi connectivity index (χ1n) is 3.72. The third kappa shape index (κ3) is 2.09. The molecule has 1 N–H and O–H groups in total. The summed E-state index contributed by atoms with van der Waals surface area (Å²) in [4.78, 5) is 21.4. The molecule has 3 nitrogen and oxygen atoms in total. The van der Waals surface area contributed by atoms with Crippen LogP contribution in [-0.4, -0.2) is 22.4 Å². The zero-order valence-electron chi connectivity index (χ0n) is 7.04. The highest BCUT2D eigenvalue weighted by atomic mass is 32.2. The number of carbonyl (C=O) groups is 2. The van der Waals surface area contributed by atoms with Crippen molar-refractivity contribution >= 4 is 22.8 Å². The normalized spacial score (nSPS) is 19.7. The Bertz CT molecular complexity index is 281. The third-order valence-electron chi connectivity index (χ3n) is 2.00. The number of thioether (sulfide) groups is 1. The Hall–Kier alpha value is -0.840. The number of hydrogen-bond donors (Lipinski definition) is 1. The van der Waals surface area contributed by atoms with Gasteiger partial charge in [-0.05, 0) is 25.2 Å². The first kappa shape index (κ1) is 10.2. The van der Waals surface area contributed by atoms with Crippen molar-refractivity contribution in [2.45, 2.75) is 12.8 Å². The third-order valence-corrected chi connectivity index (χ3v) is 2.56. The second-order valence-corrected chi connectivity index (χ2v) is 3.72. The van der Waals surface area contributed by atoms with Crippen LogP contribution in [-0.2, 0) is 9.59 Å². The van der Waals surface area contributed by atoms with E-state index in [1.807, 2.05) is 0 Å². The molecule has 0 heterocycles. The molecule has 1 aliphatic carbocycles. The van der Waals surface area contributed by atoms with Crippen LogP contribution in [0.4, 0.5) is 4.39 Å². The summed E-state index contributed by atoms with van der Waals surface area (Å²) >= 11 is 0.738. The van der Waals surface area contributed by atoms with E-state index in [0.717, 1.165) is 17.8 Å². The van der Waals surface area contributed by atoms with Crippen LogP contribution in [0.2, 0.25) is 0 Å². The van der Waals surface area contributed by atoms with Gasteiger partial charge in [-0.25, -0.2) is 4.39 Å². The molecule has 0 atom stereocenters. The Kier molecular flexibility index (Phi) is 2.75. The molecule has 1 saturated carbocycles. The number of aliphatic carboxylic acids is 1. The van der Waals surface area contributed by atoms with Crippen molar-refractivity contribution in [2.24, 2.45) is 5.41 Å². The van der Waals surface area contributed by atoms with Gasteiger partial charge in [-0.3, -0.25) is 9.59 Å². The number of carbonyl (C=O) groups excluding carboxylic acids is 1. The van der Waals surface area contributed by atoms with Crippen molar-refractivity contribution in [1.82, 2.24) is 0 Å². The summed E-state index contributed by atoms with van der Waals surface area (Å²) in [5.74, 6) is -2.01. The summed E-state index contributed by atoms with van der Waals surface area (Å²) in [5, 5.41) is 7.96. The molecular formula is C8H9FO3S. The van der Waals surface area contributed by atoms with Gasteiger partial charge in [-0.1, -0.05) is 11.8 Å². The molecule has 72 valence electrons. The molecule has 13 heavy (non-hydrogen) atoms. The Morgan fingerprint density at radius 2 is 2.08 bits per heavy atom. The molecule has 0 unspecified atom stereocenters. The lowest BCUT2D eigenvalue weighted by molar-refractivity contribution is -0.141. The molecule has 0 aliphatic heterocycles. The molecule has 0 amide bonds.